The van der Waals surface area contributed by atoms with Crippen LogP contribution in [0, 0.1) is 0 Å². The van der Waals surface area contributed by atoms with Crippen molar-refractivity contribution < 1.29 is 47.8 Å². The van der Waals surface area contributed by atoms with E-state index >= 15 is 0 Å². The minimum atomic E-state index is 0. The molecule has 7 aliphatic rings. The molecule has 3 aromatic rings. The standard InChI is InChI=1S/C22H24N4O.2BrH/c1-2-20-4-3-19(1)17-23-21-5-9-25(10-6-21)13-15-27-16-14-26-11-7-22(8-12-26)24-18-20;;/h1-12H,13-18H2;2*1H. The fraction of sp³-hybridized carbons (Fsp3) is 0.273. The van der Waals surface area contributed by atoms with E-state index in [1.807, 2.05) is 0 Å². The largest absolute Gasteiger partial charge is 1.00 e. The van der Waals surface area contributed by atoms with Gasteiger partial charge >= 0.3 is 0 Å². The molecule has 2 aromatic heterocycles. The van der Waals surface area contributed by atoms with Crippen molar-refractivity contribution in [3.63, 3.8) is 0 Å². The molecule has 5 nitrogen and oxygen atoms in total. The molecule has 0 aliphatic carbocycles. The van der Waals surface area contributed by atoms with Crippen LogP contribution in [-0.4, -0.2) is 13.2 Å². The van der Waals surface area contributed by atoms with Crippen LogP contribution in [0.5, 0.6) is 0 Å². The lowest BCUT2D eigenvalue weighted by Gasteiger charge is -2.08. The van der Waals surface area contributed by atoms with Gasteiger partial charge in [-0.25, -0.2) is 9.13 Å². The summed E-state index contributed by atoms with van der Waals surface area (Å²) < 4.78 is 10.1. The van der Waals surface area contributed by atoms with E-state index in [2.05, 4.69) is 93.1 Å². The van der Waals surface area contributed by atoms with E-state index in [9.17, 15) is 0 Å². The Morgan fingerprint density at radius 1 is 0.586 bits per heavy atom. The van der Waals surface area contributed by atoms with Crippen molar-refractivity contribution >= 4 is 11.4 Å². The first-order valence-corrected chi connectivity index (χ1v) is 9.47. The number of ether oxygens (including phenoxy) is 1. The number of benzene rings is 1. The Morgan fingerprint density at radius 2 is 0.966 bits per heavy atom. The molecule has 10 rings (SSSR count). The molecule has 29 heavy (non-hydrogen) atoms. The molecule has 0 fully saturated rings. The number of aromatic nitrogens is 2. The molecule has 0 saturated carbocycles. The third-order valence-corrected chi connectivity index (χ3v) is 4.79. The van der Waals surface area contributed by atoms with Crippen molar-refractivity contribution in [2.75, 3.05) is 23.8 Å². The second-order valence-corrected chi connectivity index (χ2v) is 6.79. The van der Waals surface area contributed by atoms with Gasteiger partial charge in [0, 0.05) is 48.7 Å². The van der Waals surface area contributed by atoms with Gasteiger partial charge in [-0.05, 0) is 11.1 Å². The van der Waals surface area contributed by atoms with Crippen molar-refractivity contribution in [3.8, 4) is 0 Å². The van der Waals surface area contributed by atoms with Crippen LogP contribution < -0.4 is 53.7 Å². The average molecular weight is 522 g/mol. The van der Waals surface area contributed by atoms with E-state index < -0.39 is 0 Å². The van der Waals surface area contributed by atoms with Crippen LogP contribution in [0.15, 0.2) is 73.3 Å². The van der Waals surface area contributed by atoms with Crippen LogP contribution in [0.2, 0.25) is 0 Å². The first-order chi connectivity index (χ1) is 13.3. The van der Waals surface area contributed by atoms with Crippen molar-refractivity contribution in [1.82, 2.24) is 0 Å². The van der Waals surface area contributed by atoms with Crippen molar-refractivity contribution in [2.24, 2.45) is 0 Å². The van der Waals surface area contributed by atoms with E-state index in [4.69, 9.17) is 4.74 Å². The van der Waals surface area contributed by atoms with Gasteiger partial charge in [0.2, 0.25) is 0 Å². The van der Waals surface area contributed by atoms with E-state index in [0.29, 0.717) is 13.2 Å². The van der Waals surface area contributed by atoms with Gasteiger partial charge in [0.25, 0.3) is 0 Å². The lowest BCUT2D eigenvalue weighted by molar-refractivity contribution is -0.705. The molecular formula is C22H26Br2N4O. The quantitative estimate of drug-likeness (QED) is 0.302. The molecule has 7 aliphatic heterocycles. The lowest BCUT2D eigenvalue weighted by atomic mass is 10.1. The Labute approximate surface area is 193 Å². The summed E-state index contributed by atoms with van der Waals surface area (Å²) >= 11 is 0. The molecule has 154 valence electrons. The Hall–Kier alpha value is -1.96. The second-order valence-electron chi connectivity index (χ2n) is 6.79. The zero-order valence-corrected chi connectivity index (χ0v) is 19.4. The summed E-state index contributed by atoms with van der Waals surface area (Å²) in [6.07, 6.45) is 8.37. The van der Waals surface area contributed by atoms with E-state index in [0.717, 1.165) is 37.6 Å². The maximum atomic E-state index is 5.78. The van der Waals surface area contributed by atoms with Crippen molar-refractivity contribution in [3.05, 3.63) is 84.4 Å². The van der Waals surface area contributed by atoms with E-state index in [-0.39, 0.29) is 34.0 Å². The highest BCUT2D eigenvalue weighted by atomic mass is 79.9. The molecule has 0 amide bonds. The molecule has 6 bridgehead atoms. The third-order valence-electron chi connectivity index (χ3n) is 4.79. The van der Waals surface area contributed by atoms with Crippen LogP contribution in [0.25, 0.3) is 0 Å². The molecule has 9 heterocycles. The van der Waals surface area contributed by atoms with Gasteiger partial charge in [0.1, 0.15) is 13.2 Å². The summed E-state index contributed by atoms with van der Waals surface area (Å²) in [5.74, 6) is 0. The number of nitrogens with one attached hydrogen (secondary N) is 2. The van der Waals surface area contributed by atoms with Gasteiger partial charge < -0.3 is 49.3 Å². The summed E-state index contributed by atoms with van der Waals surface area (Å²) in [6, 6.07) is 17.2. The van der Waals surface area contributed by atoms with Crippen LogP contribution in [0.3, 0.4) is 0 Å². The average Bonchev–Trinajstić information content (AvgIpc) is 2.73. The maximum Gasteiger partial charge on any atom is 0.171 e. The summed E-state index contributed by atoms with van der Waals surface area (Å²) in [4.78, 5) is 0. The fourth-order valence-corrected chi connectivity index (χ4v) is 3.07. The Bertz CT molecular complexity index is 783. The van der Waals surface area contributed by atoms with Gasteiger partial charge in [0.15, 0.2) is 37.9 Å². The van der Waals surface area contributed by atoms with Crippen molar-refractivity contribution in [1.29, 1.82) is 0 Å². The molecule has 0 atom stereocenters. The van der Waals surface area contributed by atoms with Gasteiger partial charge in [-0.2, -0.15) is 0 Å². The summed E-state index contributed by atoms with van der Waals surface area (Å²) in [5.41, 5.74) is 4.80. The normalized spacial score (nSPS) is 13.9. The van der Waals surface area contributed by atoms with Gasteiger partial charge in [0.05, 0.1) is 0 Å². The smallest absolute Gasteiger partial charge is 0.171 e. The molecule has 0 spiro atoms. The first-order valence-electron chi connectivity index (χ1n) is 9.47. The zero-order chi connectivity index (χ0) is 18.3. The van der Waals surface area contributed by atoms with Crippen LogP contribution in [0.4, 0.5) is 11.4 Å². The lowest BCUT2D eigenvalue weighted by Crippen LogP contribution is -3.00. The fourth-order valence-electron chi connectivity index (χ4n) is 3.07. The molecule has 0 saturated heterocycles. The predicted octanol–water partition coefficient (Wildman–Crippen LogP) is -3.48. The number of anilines is 2. The number of hydrogen-bond donors (Lipinski definition) is 2. The van der Waals surface area contributed by atoms with Gasteiger partial charge in [-0.3, -0.25) is 0 Å². The predicted molar refractivity (Wildman–Crippen MR) is 105 cm³/mol. The first kappa shape index (κ1) is 23.3. The van der Waals surface area contributed by atoms with E-state index in [1.165, 1.54) is 11.1 Å². The number of hydrogen-bond acceptors (Lipinski definition) is 3. The Kier molecular flexibility index (Phi) is 9.57. The monoisotopic (exact) mass is 520 g/mol. The third kappa shape index (κ3) is 7.10. The highest BCUT2D eigenvalue weighted by Crippen LogP contribution is 2.11. The Morgan fingerprint density at radius 3 is 1.34 bits per heavy atom. The topological polar surface area (TPSA) is 41.0 Å². The van der Waals surface area contributed by atoms with Crippen LogP contribution in [-0.2, 0) is 30.9 Å². The highest BCUT2D eigenvalue weighted by molar-refractivity contribution is 5.42. The molecule has 2 N–H and O–H groups in total. The summed E-state index contributed by atoms with van der Waals surface area (Å²) in [7, 11) is 0. The number of halogens is 2. The molecule has 1 aromatic carbocycles. The van der Waals surface area contributed by atoms with Crippen LogP contribution in [0.1, 0.15) is 11.1 Å². The number of pyridine rings is 2. The summed E-state index contributed by atoms with van der Waals surface area (Å²) in [5, 5.41) is 6.96. The molecule has 0 radical (unpaired) electrons. The SMILES string of the molecule is [Br-].[Br-].c1cc2ccc1CNc1cc[n+](cc1)CCOCC[n+]1ccc(cc1)NC2. The minimum Gasteiger partial charge on any atom is -1.00 e. The van der Waals surface area contributed by atoms with E-state index in [1.54, 1.807) is 0 Å². The number of nitrogens with zero attached hydrogens (tertiary/aromatic N) is 2. The summed E-state index contributed by atoms with van der Waals surface area (Å²) in [6.45, 7) is 4.77. The molecule has 7 heteroatoms. The maximum absolute atomic E-state index is 5.78. The van der Waals surface area contributed by atoms with Crippen molar-refractivity contribution in [2.45, 2.75) is 26.2 Å². The zero-order valence-electron chi connectivity index (χ0n) is 16.2. The van der Waals surface area contributed by atoms with Gasteiger partial charge in [-0.1, -0.05) is 24.3 Å². The highest BCUT2D eigenvalue weighted by Gasteiger charge is 2.05. The van der Waals surface area contributed by atoms with Crippen LogP contribution >= 0.6 is 0 Å². The minimum absolute atomic E-state index is 0. The molecule has 0 unspecified atom stereocenters. The number of rotatable bonds is 0. The van der Waals surface area contributed by atoms with Gasteiger partial charge in [-0.15, -0.1) is 0 Å². The molecular weight excluding hydrogens is 496 g/mol. The Balaban J connectivity index is 0.00000150. The second kappa shape index (κ2) is 11.9.